The van der Waals surface area contributed by atoms with Crippen molar-refractivity contribution in [3.8, 4) is 51.0 Å². The van der Waals surface area contributed by atoms with Gasteiger partial charge in [0.1, 0.15) is 0 Å². The van der Waals surface area contributed by atoms with Gasteiger partial charge in [-0.05, 0) is 53.4 Å². The van der Waals surface area contributed by atoms with E-state index in [1.54, 1.807) is 30.3 Å². The van der Waals surface area contributed by atoms with Crippen LogP contribution >= 0.6 is 0 Å². The molecule has 0 unspecified atom stereocenters. The molecule has 4 nitrogen and oxygen atoms in total. The summed E-state index contributed by atoms with van der Waals surface area (Å²) in [5.74, 6) is -1.15. The molecule has 0 bridgehead atoms. The molecule has 0 N–H and O–H groups in total. The third-order valence-electron chi connectivity index (χ3n) is 6.36. The van der Waals surface area contributed by atoms with Crippen molar-refractivity contribution in [3.05, 3.63) is 157 Å². The highest BCUT2D eigenvalue weighted by molar-refractivity contribution is 6.10. The van der Waals surface area contributed by atoms with Crippen molar-refractivity contribution in [1.82, 2.24) is 19.5 Å². The normalized spacial score (nSPS) is 18.1. The summed E-state index contributed by atoms with van der Waals surface area (Å²) in [6.07, 6.45) is 0. The topological polar surface area (TPSA) is 43.6 Å². The molecule has 2 aromatic heterocycles. The number of nitrogens with zero attached hydrogens (tertiary/aromatic N) is 4. The highest BCUT2D eigenvalue weighted by atomic mass is 15.0. The Morgan fingerprint density at radius 2 is 0.953 bits per heavy atom. The molecule has 0 aliphatic heterocycles. The van der Waals surface area contributed by atoms with Gasteiger partial charge in [0.15, 0.2) is 17.5 Å². The summed E-state index contributed by atoms with van der Waals surface area (Å²) in [7, 11) is 0. The van der Waals surface area contributed by atoms with E-state index in [-0.39, 0.29) is 5.82 Å². The molecule has 8 aromatic rings. The number of aromatic nitrogens is 4. The van der Waals surface area contributed by atoms with Gasteiger partial charge in [-0.2, -0.15) is 0 Å². The van der Waals surface area contributed by atoms with Crippen LogP contribution in [-0.2, 0) is 0 Å². The third kappa shape index (κ3) is 4.55. The second-order valence-electron chi connectivity index (χ2n) is 8.93. The fourth-order valence-electron chi connectivity index (χ4n) is 4.45. The minimum absolute atomic E-state index is 0.147. The third-order valence-corrected chi connectivity index (χ3v) is 6.36. The Morgan fingerprint density at radius 1 is 0.419 bits per heavy atom. The SMILES string of the molecule is [2H]c1c([2H])c([2H])c(-c2nc(-c3ccccc3)nc(-c3c([2H])c([2H])c(-n4c5c([2H])c([2H])c([2H])c([2H])c5c5c([2H])c(-c6c([2H])c([2H])c([2H])c([2H])c6[2H])c([2H])c([2H])c54)c([2H])c3[2H])n2)c([2H])c1[2H]. The molecule has 4 heteroatoms. The molecular weight excluding hydrogens is 524 g/mol. The quantitative estimate of drug-likeness (QED) is 0.207. The van der Waals surface area contributed by atoms with Crippen molar-refractivity contribution in [3.63, 3.8) is 0 Å². The van der Waals surface area contributed by atoms with E-state index in [2.05, 4.69) is 15.0 Å². The Hall–Kier alpha value is -5.87. The van der Waals surface area contributed by atoms with Gasteiger partial charge >= 0.3 is 0 Å². The monoisotopic (exact) mass is 571 g/mol. The van der Waals surface area contributed by atoms with Gasteiger partial charge in [-0.15, -0.1) is 0 Å². The van der Waals surface area contributed by atoms with Crippen molar-refractivity contribution >= 4 is 21.8 Å². The van der Waals surface area contributed by atoms with Gasteiger partial charge in [-0.25, -0.2) is 15.0 Å². The van der Waals surface area contributed by atoms with E-state index >= 15 is 0 Å². The van der Waals surface area contributed by atoms with E-state index < -0.39 is 188 Å². The molecule has 0 fully saturated rings. The Balaban J connectivity index is 1.51. The Kier molecular flexibility index (Phi) is 2.79. The number of benzene rings is 6. The number of fused-ring (bicyclic) bond motifs is 3. The molecule has 202 valence electrons. The summed E-state index contributed by atoms with van der Waals surface area (Å²) in [5, 5.41) is -0.957. The van der Waals surface area contributed by atoms with Crippen molar-refractivity contribution < 1.29 is 28.8 Å². The molecule has 0 amide bonds. The molecule has 0 aliphatic carbocycles. The summed E-state index contributed by atoms with van der Waals surface area (Å²) in [4.78, 5) is 13.1. The second kappa shape index (κ2) is 10.5. The largest absolute Gasteiger partial charge is 0.309 e. The zero-order valence-corrected chi connectivity index (χ0v) is 21.7. The molecule has 8 rings (SSSR count). The highest BCUT2D eigenvalue weighted by Crippen LogP contribution is 2.35. The molecule has 0 saturated heterocycles. The van der Waals surface area contributed by atoms with Crippen LogP contribution in [0.25, 0.3) is 72.8 Å². The van der Waals surface area contributed by atoms with Crippen LogP contribution in [0.3, 0.4) is 0 Å². The molecule has 0 saturated carbocycles. The van der Waals surface area contributed by atoms with Crippen LogP contribution in [-0.4, -0.2) is 19.5 Å². The van der Waals surface area contributed by atoms with Gasteiger partial charge in [-0.3, -0.25) is 0 Å². The Morgan fingerprint density at radius 3 is 1.65 bits per heavy atom. The molecule has 0 radical (unpaired) electrons. The lowest BCUT2D eigenvalue weighted by Crippen LogP contribution is -2.00. The first-order chi connectivity index (χ1) is 30.1. The van der Waals surface area contributed by atoms with E-state index in [9.17, 15) is 8.22 Å². The number of hydrogen-bond donors (Lipinski definition) is 0. The van der Waals surface area contributed by atoms with E-state index in [0.717, 1.165) is 4.57 Å². The summed E-state index contributed by atoms with van der Waals surface area (Å²) >= 11 is 0. The van der Waals surface area contributed by atoms with Crippen molar-refractivity contribution in [2.24, 2.45) is 0 Å². The van der Waals surface area contributed by atoms with Crippen LogP contribution in [0.5, 0.6) is 0 Å². The lowest BCUT2D eigenvalue weighted by Gasteiger charge is -2.11. The van der Waals surface area contributed by atoms with E-state index in [1.165, 1.54) is 0 Å². The minimum atomic E-state index is -0.902. The maximum absolute atomic E-state index is 9.38. The van der Waals surface area contributed by atoms with Crippen LogP contribution in [0.2, 0.25) is 0 Å². The van der Waals surface area contributed by atoms with E-state index in [1.807, 2.05) is 0 Å². The molecule has 2 heterocycles. The average molecular weight is 572 g/mol. The molecule has 0 spiro atoms. The fourth-order valence-corrected chi connectivity index (χ4v) is 4.45. The average Bonchev–Trinajstić information content (AvgIpc) is 3.64. The van der Waals surface area contributed by atoms with Crippen molar-refractivity contribution in [2.45, 2.75) is 0 Å². The van der Waals surface area contributed by atoms with Gasteiger partial charge in [0.2, 0.25) is 0 Å². The zero-order chi connectivity index (χ0) is 46.9. The first kappa shape index (κ1) is 11.4. The smallest absolute Gasteiger partial charge is 0.164 e. The number of hydrogen-bond acceptors (Lipinski definition) is 3. The summed E-state index contributed by atoms with van der Waals surface area (Å²) in [6.45, 7) is 0. The van der Waals surface area contributed by atoms with Crippen LogP contribution in [0.1, 0.15) is 28.8 Å². The molecule has 43 heavy (non-hydrogen) atoms. The maximum atomic E-state index is 9.38. The lowest BCUT2D eigenvalue weighted by atomic mass is 10.0. The van der Waals surface area contributed by atoms with Gasteiger partial charge < -0.3 is 4.57 Å². The van der Waals surface area contributed by atoms with Crippen LogP contribution in [0.4, 0.5) is 0 Å². The van der Waals surface area contributed by atoms with Gasteiger partial charge in [0.05, 0.1) is 39.8 Å². The minimum Gasteiger partial charge on any atom is -0.309 e. The second-order valence-corrected chi connectivity index (χ2v) is 8.93. The predicted octanol–water partition coefficient (Wildman–Crippen LogP) is 9.64. The number of rotatable bonds is 5. The standard InChI is InChI=1S/C39H26N4/c1-4-12-27(13-5-1)31-22-25-36-34(26-31)33-18-10-11-19-35(33)43(36)32-23-20-30(21-24-32)39-41-37(28-14-6-2-7-15-28)40-38(42-39)29-16-8-3-9-17-29/h1-26H/i1D,2D,4D,5D,6D,7D,10D,11D,12D,13D,14D,15D,18D,19D,20D,21D,22D,23D,24D,25D,26D. The Labute approximate surface area is 279 Å². The zero-order valence-electron chi connectivity index (χ0n) is 42.7. The predicted molar refractivity (Wildman–Crippen MR) is 176 cm³/mol. The fraction of sp³-hybridized carbons (Fsp3) is 0. The lowest BCUT2D eigenvalue weighted by molar-refractivity contribution is 1.07. The highest BCUT2D eigenvalue weighted by Gasteiger charge is 2.15. The van der Waals surface area contributed by atoms with Gasteiger partial charge in [-0.1, -0.05) is 115 Å². The van der Waals surface area contributed by atoms with Gasteiger partial charge in [0, 0.05) is 33.2 Å². The molecular formula is C39H26N4. The van der Waals surface area contributed by atoms with Crippen LogP contribution in [0.15, 0.2) is 157 Å². The Bertz CT molecular complexity index is 3320. The van der Waals surface area contributed by atoms with E-state index in [0.29, 0.717) is 5.56 Å². The van der Waals surface area contributed by atoms with Gasteiger partial charge in [0.25, 0.3) is 0 Å². The van der Waals surface area contributed by atoms with Crippen molar-refractivity contribution in [2.75, 3.05) is 0 Å². The first-order valence-corrected chi connectivity index (χ1v) is 12.7. The maximum Gasteiger partial charge on any atom is 0.164 e. The molecule has 6 aromatic carbocycles. The molecule has 0 aliphatic rings. The first-order valence-electron chi connectivity index (χ1n) is 23.2. The molecule has 0 atom stereocenters. The summed E-state index contributed by atoms with van der Waals surface area (Å²) in [6, 6.07) is -8.73. The number of para-hydroxylation sites is 1. The summed E-state index contributed by atoms with van der Waals surface area (Å²) < 4.78 is 184. The van der Waals surface area contributed by atoms with Crippen LogP contribution in [0, 0.1) is 0 Å². The van der Waals surface area contributed by atoms with Crippen molar-refractivity contribution in [1.29, 1.82) is 0 Å². The van der Waals surface area contributed by atoms with E-state index in [4.69, 9.17) is 20.6 Å². The van der Waals surface area contributed by atoms with Crippen LogP contribution < -0.4 is 0 Å². The summed E-state index contributed by atoms with van der Waals surface area (Å²) in [5.41, 5.74) is -3.80.